The van der Waals surface area contributed by atoms with E-state index in [1.54, 1.807) is 12.1 Å². The third-order valence-electron chi connectivity index (χ3n) is 3.24. The highest BCUT2D eigenvalue weighted by Gasteiger charge is 2.45. The topological polar surface area (TPSA) is 66.4 Å². The molecule has 6 heteroatoms. The monoisotopic (exact) mass is 301 g/mol. The van der Waals surface area contributed by atoms with Gasteiger partial charge in [-0.2, -0.15) is 0 Å². The Morgan fingerprint density at radius 3 is 2.74 bits per heavy atom. The van der Waals surface area contributed by atoms with Gasteiger partial charge in [0.15, 0.2) is 0 Å². The second kappa shape index (κ2) is 5.39. The lowest BCUT2D eigenvalue weighted by atomic mass is 10.1. The van der Waals surface area contributed by atoms with E-state index in [-0.39, 0.29) is 17.7 Å². The van der Waals surface area contributed by atoms with Crippen LogP contribution in [0.3, 0.4) is 0 Å². The van der Waals surface area contributed by atoms with Gasteiger partial charge in [-0.25, -0.2) is 0 Å². The number of carbonyl (C=O) groups is 2. The molecule has 1 aromatic carbocycles. The Bertz CT molecular complexity index is 533. The van der Waals surface area contributed by atoms with E-state index in [0.717, 1.165) is 5.56 Å². The minimum Gasteiger partial charge on any atom is -0.480 e. The first kappa shape index (κ1) is 14.2. The minimum absolute atomic E-state index is 0.0206. The summed E-state index contributed by atoms with van der Waals surface area (Å²) in [6.45, 7) is 1.43. The fourth-order valence-electron chi connectivity index (χ4n) is 2.02. The van der Waals surface area contributed by atoms with Crippen molar-refractivity contribution in [3.8, 4) is 0 Å². The lowest BCUT2D eigenvalue weighted by Crippen LogP contribution is -2.39. The molecule has 2 rings (SSSR count). The summed E-state index contributed by atoms with van der Waals surface area (Å²) >= 11 is 12.0. The fraction of sp³-hybridized carbons (Fsp3) is 0.385. The SMILES string of the molecule is C[C@H](NC(=O)C1CC1c1cccc(Cl)c1Cl)C(=O)O. The van der Waals surface area contributed by atoms with Gasteiger partial charge in [0.2, 0.25) is 5.91 Å². The molecule has 1 amide bonds. The number of benzene rings is 1. The third kappa shape index (κ3) is 3.01. The Kier molecular flexibility index (Phi) is 4.02. The van der Waals surface area contributed by atoms with Crippen molar-refractivity contribution in [2.45, 2.75) is 25.3 Å². The number of carbonyl (C=O) groups excluding carboxylic acids is 1. The summed E-state index contributed by atoms with van der Waals surface area (Å²) in [4.78, 5) is 22.5. The molecular formula is C13H13Cl2NO3. The predicted molar refractivity (Wildman–Crippen MR) is 72.6 cm³/mol. The van der Waals surface area contributed by atoms with Crippen molar-refractivity contribution in [1.29, 1.82) is 0 Å². The number of amides is 1. The quantitative estimate of drug-likeness (QED) is 0.898. The number of carboxylic acids is 1. The number of aliphatic carboxylic acids is 1. The van der Waals surface area contributed by atoms with Crippen molar-refractivity contribution >= 4 is 35.1 Å². The molecule has 1 aromatic rings. The summed E-state index contributed by atoms with van der Waals surface area (Å²) in [5.74, 6) is -1.51. The molecule has 1 aliphatic rings. The molecule has 0 saturated heterocycles. The van der Waals surface area contributed by atoms with Crippen molar-refractivity contribution in [3.05, 3.63) is 33.8 Å². The van der Waals surface area contributed by atoms with E-state index in [2.05, 4.69) is 5.32 Å². The zero-order valence-corrected chi connectivity index (χ0v) is 11.7. The van der Waals surface area contributed by atoms with Crippen molar-refractivity contribution in [2.75, 3.05) is 0 Å². The van der Waals surface area contributed by atoms with Gasteiger partial charge < -0.3 is 10.4 Å². The van der Waals surface area contributed by atoms with Gasteiger partial charge in [0.05, 0.1) is 10.0 Å². The lowest BCUT2D eigenvalue weighted by molar-refractivity contribution is -0.141. The first-order valence-corrected chi connectivity index (χ1v) is 6.64. The van der Waals surface area contributed by atoms with Crippen LogP contribution in [0.15, 0.2) is 18.2 Å². The molecule has 102 valence electrons. The Morgan fingerprint density at radius 2 is 2.11 bits per heavy atom. The van der Waals surface area contributed by atoms with Crippen molar-refractivity contribution < 1.29 is 14.7 Å². The number of rotatable bonds is 4. The zero-order valence-electron chi connectivity index (χ0n) is 10.2. The van der Waals surface area contributed by atoms with Gasteiger partial charge in [0, 0.05) is 5.92 Å². The average molecular weight is 302 g/mol. The molecule has 0 aromatic heterocycles. The second-order valence-electron chi connectivity index (χ2n) is 4.66. The van der Waals surface area contributed by atoms with E-state index < -0.39 is 12.0 Å². The van der Waals surface area contributed by atoms with Gasteiger partial charge in [0.1, 0.15) is 6.04 Å². The predicted octanol–water partition coefficient (Wildman–Crippen LogP) is 2.69. The van der Waals surface area contributed by atoms with Crippen LogP contribution in [-0.2, 0) is 9.59 Å². The number of hydrogen-bond donors (Lipinski definition) is 2. The number of nitrogens with one attached hydrogen (secondary N) is 1. The van der Waals surface area contributed by atoms with E-state index in [1.165, 1.54) is 6.92 Å². The van der Waals surface area contributed by atoms with Crippen molar-refractivity contribution in [2.24, 2.45) is 5.92 Å². The maximum absolute atomic E-state index is 11.8. The van der Waals surface area contributed by atoms with Crippen LogP contribution in [0.25, 0.3) is 0 Å². The molecule has 3 atom stereocenters. The highest BCUT2D eigenvalue weighted by atomic mass is 35.5. The van der Waals surface area contributed by atoms with Crippen LogP contribution in [0.4, 0.5) is 0 Å². The maximum Gasteiger partial charge on any atom is 0.325 e. The summed E-state index contributed by atoms with van der Waals surface area (Å²) < 4.78 is 0. The maximum atomic E-state index is 11.8. The van der Waals surface area contributed by atoms with E-state index in [1.807, 2.05) is 6.07 Å². The summed E-state index contributed by atoms with van der Waals surface area (Å²) in [5, 5.41) is 12.1. The van der Waals surface area contributed by atoms with Gasteiger partial charge in [-0.1, -0.05) is 35.3 Å². The molecule has 1 saturated carbocycles. The van der Waals surface area contributed by atoms with Crippen LogP contribution in [-0.4, -0.2) is 23.0 Å². The smallest absolute Gasteiger partial charge is 0.325 e. The summed E-state index contributed by atoms with van der Waals surface area (Å²) in [6.07, 6.45) is 0.665. The molecule has 0 bridgehead atoms. The molecule has 1 fully saturated rings. The lowest BCUT2D eigenvalue weighted by Gasteiger charge is -2.09. The van der Waals surface area contributed by atoms with Crippen LogP contribution in [0.1, 0.15) is 24.8 Å². The first-order valence-electron chi connectivity index (χ1n) is 5.89. The molecular weight excluding hydrogens is 289 g/mol. The normalized spacial score (nSPS) is 22.7. The highest BCUT2D eigenvalue weighted by Crippen LogP contribution is 2.50. The average Bonchev–Trinajstić information content (AvgIpc) is 3.12. The van der Waals surface area contributed by atoms with Crippen LogP contribution in [0.5, 0.6) is 0 Å². The molecule has 19 heavy (non-hydrogen) atoms. The summed E-state index contributed by atoms with van der Waals surface area (Å²) in [6, 6.07) is 4.43. The molecule has 0 heterocycles. The number of carboxylic acid groups (broad SMARTS) is 1. The molecule has 4 nitrogen and oxygen atoms in total. The summed E-state index contributed by atoms with van der Waals surface area (Å²) in [7, 11) is 0. The van der Waals surface area contributed by atoms with Gasteiger partial charge >= 0.3 is 5.97 Å². The number of halogens is 2. The molecule has 0 spiro atoms. The molecule has 2 unspecified atom stereocenters. The van der Waals surface area contributed by atoms with Crippen LogP contribution in [0, 0.1) is 5.92 Å². The Hall–Kier alpha value is -1.26. The van der Waals surface area contributed by atoms with Crippen molar-refractivity contribution in [3.63, 3.8) is 0 Å². The molecule has 0 radical (unpaired) electrons. The van der Waals surface area contributed by atoms with E-state index in [4.69, 9.17) is 28.3 Å². The van der Waals surface area contributed by atoms with Gasteiger partial charge in [0.25, 0.3) is 0 Å². The zero-order chi connectivity index (χ0) is 14.2. The largest absolute Gasteiger partial charge is 0.480 e. The van der Waals surface area contributed by atoms with Crippen LogP contribution in [0.2, 0.25) is 10.0 Å². The van der Waals surface area contributed by atoms with Crippen LogP contribution < -0.4 is 5.32 Å². The molecule has 0 aliphatic heterocycles. The standard InChI is InChI=1S/C13H13Cl2NO3/c1-6(13(18)19)16-12(17)9-5-8(9)7-3-2-4-10(14)11(7)15/h2-4,6,8-9H,5H2,1H3,(H,16,17)(H,18,19)/t6-,8?,9?/m0/s1. The van der Waals surface area contributed by atoms with Gasteiger partial charge in [-0.15, -0.1) is 0 Å². The fourth-order valence-corrected chi connectivity index (χ4v) is 2.47. The minimum atomic E-state index is -1.05. The molecule has 2 N–H and O–H groups in total. The Morgan fingerprint density at radius 1 is 1.42 bits per heavy atom. The first-order chi connectivity index (χ1) is 8.91. The molecule has 1 aliphatic carbocycles. The van der Waals surface area contributed by atoms with Gasteiger partial charge in [-0.05, 0) is 30.9 Å². The van der Waals surface area contributed by atoms with Gasteiger partial charge in [-0.3, -0.25) is 9.59 Å². The summed E-state index contributed by atoms with van der Waals surface area (Å²) in [5.41, 5.74) is 0.845. The highest BCUT2D eigenvalue weighted by molar-refractivity contribution is 6.42. The van der Waals surface area contributed by atoms with Crippen LogP contribution >= 0.6 is 23.2 Å². The Balaban J connectivity index is 2.03. The second-order valence-corrected chi connectivity index (χ2v) is 5.45. The van der Waals surface area contributed by atoms with E-state index in [0.29, 0.717) is 16.5 Å². The van der Waals surface area contributed by atoms with E-state index in [9.17, 15) is 9.59 Å². The van der Waals surface area contributed by atoms with Crippen molar-refractivity contribution in [1.82, 2.24) is 5.32 Å². The van der Waals surface area contributed by atoms with E-state index >= 15 is 0 Å². The number of hydrogen-bond acceptors (Lipinski definition) is 2. The third-order valence-corrected chi connectivity index (χ3v) is 4.07. The Labute approximate surface area is 120 Å².